The molecule has 0 spiro atoms. The van der Waals surface area contributed by atoms with Gasteiger partial charge in [0.1, 0.15) is 5.75 Å². The van der Waals surface area contributed by atoms with Crippen molar-refractivity contribution in [3.8, 4) is 17.0 Å². The quantitative estimate of drug-likeness (QED) is 0.643. The highest BCUT2D eigenvalue weighted by atomic mass is 19.3. The number of allylic oxidation sites excluding steroid dienone is 1. The lowest BCUT2D eigenvalue weighted by atomic mass is 10.0. The van der Waals surface area contributed by atoms with E-state index < -0.39 is 18.1 Å². The number of carbonyl (C=O) groups excluding carboxylic acids is 1. The molecule has 31 heavy (non-hydrogen) atoms. The fraction of sp³-hybridized carbons (Fsp3) is 0.217. The molecule has 1 aliphatic rings. The Balaban J connectivity index is 1.85. The van der Waals surface area contributed by atoms with E-state index in [1.165, 1.54) is 13.0 Å². The van der Waals surface area contributed by atoms with Crippen molar-refractivity contribution in [2.45, 2.75) is 26.0 Å². The van der Waals surface area contributed by atoms with Crippen molar-refractivity contribution in [1.82, 2.24) is 15.4 Å². The van der Waals surface area contributed by atoms with Crippen LogP contribution in [-0.4, -0.2) is 39.8 Å². The molecule has 1 atom stereocenters. The van der Waals surface area contributed by atoms with Gasteiger partial charge < -0.3 is 9.84 Å². The Morgan fingerprint density at radius 2 is 2.00 bits per heavy atom. The van der Waals surface area contributed by atoms with E-state index >= 15 is 0 Å². The molecular weight excluding hydrogens is 404 g/mol. The summed E-state index contributed by atoms with van der Waals surface area (Å²) in [4.78, 5) is 18.0. The van der Waals surface area contributed by atoms with Crippen molar-refractivity contribution in [2.75, 3.05) is 6.61 Å². The minimum atomic E-state index is -3.20. The summed E-state index contributed by atoms with van der Waals surface area (Å²) in [5.41, 5.74) is 1.89. The summed E-state index contributed by atoms with van der Waals surface area (Å²) in [6.45, 7) is 3.87. The van der Waals surface area contributed by atoms with Gasteiger partial charge in [0.25, 0.3) is 12.3 Å². The van der Waals surface area contributed by atoms with E-state index in [2.05, 4.69) is 10.4 Å². The van der Waals surface area contributed by atoms with Crippen LogP contribution in [0.15, 0.2) is 66.4 Å². The third-order valence-electron chi connectivity index (χ3n) is 4.99. The molecule has 2 aromatic carbocycles. The summed E-state index contributed by atoms with van der Waals surface area (Å²) >= 11 is 0. The van der Waals surface area contributed by atoms with Gasteiger partial charge >= 0.3 is 0 Å². The minimum Gasteiger partial charge on any atom is -0.494 e. The third kappa shape index (κ3) is 3.70. The number of amides is 1. The molecule has 4 rings (SSSR count). The molecule has 1 unspecified atom stereocenters. The zero-order valence-corrected chi connectivity index (χ0v) is 17.0. The molecular formula is C23H21F2N3O3. The van der Waals surface area contributed by atoms with Gasteiger partial charge in [-0.2, -0.15) is 0 Å². The number of nitrogens with one attached hydrogen (secondary N) is 1. The van der Waals surface area contributed by atoms with Crippen molar-refractivity contribution in [3.05, 3.63) is 71.9 Å². The molecule has 1 aromatic heterocycles. The molecule has 0 radical (unpaired) electrons. The van der Waals surface area contributed by atoms with Crippen LogP contribution in [0, 0.1) is 0 Å². The topological polar surface area (TPSA) is 74.7 Å². The zero-order valence-electron chi connectivity index (χ0n) is 17.0. The van der Waals surface area contributed by atoms with E-state index in [9.17, 15) is 18.7 Å². The standard InChI is InChI=1S/C23H21F2N3O3/c1-3-31-16-8-6-7-15(11-16)20-12-18(17-9-4-5-10-19(17)26-20)21(29)28-23(30,22(24)25)13-14(2)27-28/h4-13,22,27,30H,3H2,1-2H3. The molecule has 0 aliphatic carbocycles. The number of nitrogens with zero attached hydrogens (tertiary/aromatic N) is 2. The van der Waals surface area contributed by atoms with Gasteiger partial charge in [0.2, 0.25) is 5.72 Å². The highest BCUT2D eigenvalue weighted by Gasteiger charge is 2.49. The molecule has 0 saturated carbocycles. The number of para-hydroxylation sites is 1. The van der Waals surface area contributed by atoms with Gasteiger partial charge in [0.15, 0.2) is 0 Å². The first-order valence-corrected chi connectivity index (χ1v) is 9.77. The number of halogens is 2. The first-order chi connectivity index (χ1) is 14.8. The fourth-order valence-electron chi connectivity index (χ4n) is 3.59. The van der Waals surface area contributed by atoms with Crippen LogP contribution in [-0.2, 0) is 0 Å². The van der Waals surface area contributed by atoms with E-state index in [-0.39, 0.29) is 11.3 Å². The molecule has 160 valence electrons. The fourth-order valence-corrected chi connectivity index (χ4v) is 3.59. The Hall–Kier alpha value is -3.52. The van der Waals surface area contributed by atoms with Crippen molar-refractivity contribution in [2.24, 2.45) is 0 Å². The molecule has 2 N–H and O–H groups in total. The van der Waals surface area contributed by atoms with Gasteiger partial charge in [-0.3, -0.25) is 10.2 Å². The smallest absolute Gasteiger partial charge is 0.291 e. The second-order valence-electron chi connectivity index (χ2n) is 7.20. The largest absolute Gasteiger partial charge is 0.494 e. The molecule has 8 heteroatoms. The summed E-state index contributed by atoms with van der Waals surface area (Å²) in [5.74, 6) is -0.146. The number of ether oxygens (including phenoxy) is 1. The number of carbonyl (C=O) groups is 1. The number of benzene rings is 2. The van der Waals surface area contributed by atoms with Crippen LogP contribution in [0.1, 0.15) is 24.2 Å². The first kappa shape index (κ1) is 20.7. The number of aromatic nitrogens is 1. The predicted octanol–water partition coefficient (Wildman–Crippen LogP) is 4.12. The average molecular weight is 425 g/mol. The van der Waals surface area contributed by atoms with Crippen LogP contribution in [0.2, 0.25) is 0 Å². The maximum Gasteiger partial charge on any atom is 0.291 e. The van der Waals surface area contributed by atoms with Crippen LogP contribution in [0.4, 0.5) is 8.78 Å². The molecule has 3 aromatic rings. The minimum absolute atomic E-state index is 0.136. The highest BCUT2D eigenvalue weighted by molar-refractivity contribution is 6.07. The van der Waals surface area contributed by atoms with Crippen LogP contribution in [0.25, 0.3) is 22.2 Å². The van der Waals surface area contributed by atoms with E-state index in [4.69, 9.17) is 4.74 Å². The van der Waals surface area contributed by atoms with E-state index in [0.29, 0.717) is 39.5 Å². The molecule has 0 fully saturated rings. The average Bonchev–Trinajstić information content (AvgIpc) is 3.08. The number of rotatable bonds is 5. The van der Waals surface area contributed by atoms with Crippen LogP contribution < -0.4 is 10.2 Å². The number of alkyl halides is 2. The van der Waals surface area contributed by atoms with Gasteiger partial charge in [0.05, 0.1) is 23.4 Å². The van der Waals surface area contributed by atoms with Crippen molar-refractivity contribution in [1.29, 1.82) is 0 Å². The Morgan fingerprint density at radius 1 is 1.23 bits per heavy atom. The van der Waals surface area contributed by atoms with Crippen LogP contribution >= 0.6 is 0 Å². The lowest BCUT2D eigenvalue weighted by Crippen LogP contribution is -2.56. The maximum absolute atomic E-state index is 13.6. The Kier molecular flexibility index (Phi) is 5.32. The van der Waals surface area contributed by atoms with Crippen molar-refractivity contribution < 1.29 is 23.4 Å². The van der Waals surface area contributed by atoms with Gasteiger partial charge in [-0.15, -0.1) is 0 Å². The molecule has 2 heterocycles. The number of aliphatic hydroxyl groups is 1. The highest BCUT2D eigenvalue weighted by Crippen LogP contribution is 2.32. The van der Waals surface area contributed by atoms with Crippen LogP contribution in [0.5, 0.6) is 5.75 Å². The SMILES string of the molecule is CCOc1cccc(-c2cc(C(=O)N3NC(C)=CC3(O)C(F)F)c3ccccc3n2)c1. The van der Waals surface area contributed by atoms with Crippen molar-refractivity contribution >= 4 is 16.8 Å². The number of fused-ring (bicyclic) bond motifs is 1. The summed E-state index contributed by atoms with van der Waals surface area (Å²) in [6, 6.07) is 15.7. The van der Waals surface area contributed by atoms with E-state index in [1.807, 2.05) is 25.1 Å². The summed E-state index contributed by atoms with van der Waals surface area (Å²) in [5, 5.41) is 11.5. The lowest BCUT2D eigenvalue weighted by molar-refractivity contribution is -0.146. The van der Waals surface area contributed by atoms with Gasteiger partial charge in [-0.1, -0.05) is 30.3 Å². The predicted molar refractivity (Wildman–Crippen MR) is 112 cm³/mol. The Morgan fingerprint density at radius 3 is 2.74 bits per heavy atom. The molecule has 0 bridgehead atoms. The molecule has 1 aliphatic heterocycles. The number of hydrogen-bond donors (Lipinski definition) is 2. The van der Waals surface area contributed by atoms with Crippen LogP contribution in [0.3, 0.4) is 0 Å². The Labute approximate surface area is 177 Å². The second-order valence-corrected chi connectivity index (χ2v) is 7.20. The molecule has 6 nitrogen and oxygen atoms in total. The number of hydrazine groups is 1. The van der Waals surface area contributed by atoms with Gasteiger partial charge in [-0.05, 0) is 44.2 Å². The Bertz CT molecular complexity index is 1180. The number of pyridine rings is 1. The summed E-state index contributed by atoms with van der Waals surface area (Å²) < 4.78 is 32.8. The van der Waals surface area contributed by atoms with E-state index in [0.717, 1.165) is 6.08 Å². The first-order valence-electron chi connectivity index (χ1n) is 9.77. The second kappa shape index (κ2) is 7.96. The number of hydrogen-bond acceptors (Lipinski definition) is 5. The summed E-state index contributed by atoms with van der Waals surface area (Å²) in [7, 11) is 0. The normalized spacial score (nSPS) is 18.3. The monoisotopic (exact) mass is 425 g/mol. The zero-order chi connectivity index (χ0) is 22.2. The summed E-state index contributed by atoms with van der Waals surface area (Å²) in [6.07, 6.45) is -2.26. The maximum atomic E-state index is 13.6. The van der Waals surface area contributed by atoms with Crippen molar-refractivity contribution in [3.63, 3.8) is 0 Å². The van der Waals surface area contributed by atoms with Gasteiger partial charge in [-0.25, -0.2) is 18.8 Å². The molecule has 1 amide bonds. The molecule has 0 saturated heterocycles. The lowest BCUT2D eigenvalue weighted by Gasteiger charge is -2.32. The van der Waals surface area contributed by atoms with Gasteiger partial charge in [0, 0.05) is 16.6 Å². The van der Waals surface area contributed by atoms with E-state index in [1.54, 1.807) is 30.3 Å². The third-order valence-corrected chi connectivity index (χ3v) is 4.99.